The van der Waals surface area contributed by atoms with Crippen LogP contribution in [0.25, 0.3) is 32.5 Å². The lowest BCUT2D eigenvalue weighted by Crippen LogP contribution is -2.00. The molecule has 6 rings (SSSR count). The Morgan fingerprint density at radius 2 is 1.92 bits per heavy atom. The molecule has 0 amide bonds. The Labute approximate surface area is 227 Å². The van der Waals surface area contributed by atoms with Gasteiger partial charge in [0, 0.05) is 26.9 Å². The van der Waals surface area contributed by atoms with E-state index in [1.807, 2.05) is 43.3 Å². The van der Waals surface area contributed by atoms with Gasteiger partial charge in [-0.25, -0.2) is 4.79 Å². The number of thiophene rings is 1. The summed E-state index contributed by atoms with van der Waals surface area (Å²) in [6.07, 6.45) is 2.13. The lowest BCUT2D eigenvalue weighted by Gasteiger charge is -2.12. The van der Waals surface area contributed by atoms with Gasteiger partial charge in [-0.3, -0.25) is 0 Å². The summed E-state index contributed by atoms with van der Waals surface area (Å²) >= 11 is 14.4. The van der Waals surface area contributed by atoms with Gasteiger partial charge in [0.2, 0.25) is 0 Å². The molecule has 2 aromatic heterocycles. The maximum atomic E-state index is 11.4. The van der Waals surface area contributed by atoms with E-state index in [-0.39, 0.29) is 6.61 Å². The molecule has 5 nitrogen and oxygen atoms in total. The van der Waals surface area contributed by atoms with E-state index in [1.54, 1.807) is 23.6 Å². The molecular weight excluding hydrogens is 529 g/mol. The Bertz CT molecular complexity index is 1650. The molecule has 0 saturated heterocycles. The van der Waals surface area contributed by atoms with Gasteiger partial charge in [-0.15, -0.1) is 11.3 Å². The number of ether oxygens (including phenoxy) is 1. The van der Waals surface area contributed by atoms with Crippen molar-refractivity contribution in [1.82, 2.24) is 5.16 Å². The lowest BCUT2D eigenvalue weighted by molar-refractivity contribution is 0.0699. The second-order valence-electron chi connectivity index (χ2n) is 9.18. The molecule has 0 unspecified atom stereocenters. The van der Waals surface area contributed by atoms with Gasteiger partial charge in [-0.05, 0) is 66.8 Å². The maximum Gasteiger partial charge on any atom is 0.337 e. The highest BCUT2D eigenvalue weighted by molar-refractivity contribution is 7.17. The van der Waals surface area contributed by atoms with Crippen LogP contribution in [0.2, 0.25) is 10.0 Å². The average Bonchev–Trinajstić information content (AvgIpc) is 3.49. The van der Waals surface area contributed by atoms with Crippen LogP contribution in [0.3, 0.4) is 0 Å². The molecule has 0 aliphatic heterocycles. The molecule has 0 radical (unpaired) electrons. The minimum Gasteiger partial charge on any atom is -0.489 e. The summed E-state index contributed by atoms with van der Waals surface area (Å²) in [6, 6.07) is 17.2. The minimum absolute atomic E-state index is 0.282. The van der Waals surface area contributed by atoms with Crippen molar-refractivity contribution in [3.05, 3.63) is 92.5 Å². The Hall–Kier alpha value is -3.32. The zero-order chi connectivity index (χ0) is 25.7. The van der Waals surface area contributed by atoms with E-state index in [1.165, 1.54) is 11.3 Å². The summed E-state index contributed by atoms with van der Waals surface area (Å²) in [4.78, 5) is 11.4. The average molecular weight is 550 g/mol. The highest BCUT2D eigenvalue weighted by atomic mass is 35.5. The van der Waals surface area contributed by atoms with Crippen molar-refractivity contribution in [3.63, 3.8) is 0 Å². The first-order chi connectivity index (χ1) is 17.9. The van der Waals surface area contributed by atoms with Crippen molar-refractivity contribution in [3.8, 4) is 28.1 Å². The van der Waals surface area contributed by atoms with Crippen LogP contribution in [0.15, 0.2) is 64.5 Å². The zero-order valence-corrected chi connectivity index (χ0v) is 22.1. The van der Waals surface area contributed by atoms with Gasteiger partial charge in [0.1, 0.15) is 23.8 Å². The monoisotopic (exact) mass is 549 g/mol. The molecule has 37 heavy (non-hydrogen) atoms. The molecule has 0 bridgehead atoms. The first kappa shape index (κ1) is 24.0. The topological polar surface area (TPSA) is 72.6 Å². The third-order valence-corrected chi connectivity index (χ3v) is 8.24. The number of carbonyl (C=O) groups is 1. The first-order valence-electron chi connectivity index (χ1n) is 11.8. The Morgan fingerprint density at radius 1 is 1.14 bits per heavy atom. The van der Waals surface area contributed by atoms with E-state index in [4.69, 9.17) is 32.5 Å². The number of aryl methyl sites for hydroxylation is 1. The first-order valence-corrected chi connectivity index (χ1v) is 13.5. The van der Waals surface area contributed by atoms with Crippen LogP contribution in [0, 0.1) is 6.92 Å². The normalized spacial score (nSPS) is 13.3. The third-order valence-electron chi connectivity index (χ3n) is 6.66. The number of hydrogen-bond donors (Lipinski definition) is 1. The predicted octanol–water partition coefficient (Wildman–Crippen LogP) is 8.99. The van der Waals surface area contributed by atoms with Crippen molar-refractivity contribution in [2.24, 2.45) is 0 Å². The molecule has 1 N–H and O–H groups in total. The van der Waals surface area contributed by atoms with E-state index < -0.39 is 5.97 Å². The quantitative estimate of drug-likeness (QED) is 0.219. The molecule has 0 atom stereocenters. The fraction of sp³-hybridized carbons (Fsp3) is 0.172. The van der Waals surface area contributed by atoms with E-state index in [0.29, 0.717) is 32.8 Å². The molecule has 186 valence electrons. The van der Waals surface area contributed by atoms with Crippen molar-refractivity contribution in [1.29, 1.82) is 0 Å². The van der Waals surface area contributed by atoms with Crippen LogP contribution in [0.4, 0.5) is 0 Å². The van der Waals surface area contributed by atoms with Crippen LogP contribution in [0.1, 0.15) is 46.0 Å². The standard InChI is InChI=1S/C29H21Cl2NO4S/c1-15-11-18(8-10-19(15)17-7-9-20-22(29(33)34)14-37-25(20)12-17)35-13-21-27(32-36-28(21)16-5-6-16)26-23(30)3-2-4-24(26)31/h2-4,7-12,14,16H,5-6,13H2,1H3,(H,33,34). The third kappa shape index (κ3) is 4.50. The number of carboxylic acids is 1. The number of aromatic nitrogens is 1. The maximum absolute atomic E-state index is 11.4. The van der Waals surface area contributed by atoms with Gasteiger partial charge in [0.05, 0.1) is 21.2 Å². The summed E-state index contributed by atoms with van der Waals surface area (Å²) in [5.74, 6) is 1.00. The van der Waals surface area contributed by atoms with Crippen molar-refractivity contribution in [2.75, 3.05) is 0 Å². The lowest BCUT2D eigenvalue weighted by atomic mass is 9.99. The largest absolute Gasteiger partial charge is 0.489 e. The smallest absolute Gasteiger partial charge is 0.337 e. The van der Waals surface area contributed by atoms with Crippen LogP contribution in [-0.4, -0.2) is 16.2 Å². The molecule has 3 aromatic carbocycles. The second kappa shape index (κ2) is 9.53. The molecule has 8 heteroatoms. The number of benzene rings is 3. The van der Waals surface area contributed by atoms with Crippen LogP contribution in [-0.2, 0) is 6.61 Å². The van der Waals surface area contributed by atoms with Crippen LogP contribution >= 0.6 is 34.5 Å². The molecule has 1 aliphatic carbocycles. The highest BCUT2D eigenvalue weighted by Crippen LogP contribution is 2.46. The van der Waals surface area contributed by atoms with Crippen molar-refractivity contribution >= 4 is 50.6 Å². The fourth-order valence-electron chi connectivity index (χ4n) is 4.61. The Kier molecular flexibility index (Phi) is 6.19. The van der Waals surface area contributed by atoms with E-state index in [9.17, 15) is 9.90 Å². The minimum atomic E-state index is -0.908. The Balaban J connectivity index is 1.28. The van der Waals surface area contributed by atoms with Crippen LogP contribution < -0.4 is 4.74 Å². The fourth-order valence-corrected chi connectivity index (χ4v) is 6.16. The number of nitrogens with zero attached hydrogens (tertiary/aromatic N) is 1. The van der Waals surface area contributed by atoms with E-state index >= 15 is 0 Å². The zero-order valence-electron chi connectivity index (χ0n) is 19.8. The molecule has 5 aromatic rings. The van der Waals surface area contributed by atoms with Gasteiger partial charge in [0.25, 0.3) is 0 Å². The van der Waals surface area contributed by atoms with Gasteiger partial charge >= 0.3 is 5.97 Å². The van der Waals surface area contributed by atoms with Crippen LogP contribution in [0.5, 0.6) is 5.75 Å². The molecule has 0 spiro atoms. The molecular formula is C29H21Cl2NO4S. The van der Waals surface area contributed by atoms with Gasteiger partial charge in [0.15, 0.2) is 0 Å². The van der Waals surface area contributed by atoms with Gasteiger partial charge in [-0.2, -0.15) is 0 Å². The number of rotatable bonds is 7. The van der Waals surface area contributed by atoms with E-state index in [0.717, 1.165) is 56.7 Å². The molecule has 1 fully saturated rings. The molecule has 1 saturated carbocycles. The van der Waals surface area contributed by atoms with E-state index in [2.05, 4.69) is 5.16 Å². The number of fused-ring (bicyclic) bond motifs is 1. The highest BCUT2D eigenvalue weighted by Gasteiger charge is 2.33. The van der Waals surface area contributed by atoms with Crippen molar-refractivity contribution in [2.45, 2.75) is 32.3 Å². The molecule has 2 heterocycles. The molecule has 1 aliphatic rings. The number of halogens is 2. The SMILES string of the molecule is Cc1cc(OCc2c(-c3c(Cl)cccc3Cl)noc2C2CC2)ccc1-c1ccc2c(C(=O)O)csc2c1. The summed E-state index contributed by atoms with van der Waals surface area (Å²) in [7, 11) is 0. The Morgan fingerprint density at radius 3 is 2.62 bits per heavy atom. The summed E-state index contributed by atoms with van der Waals surface area (Å²) in [5.41, 5.74) is 5.62. The summed E-state index contributed by atoms with van der Waals surface area (Å²) < 4.78 is 12.9. The predicted molar refractivity (Wildman–Crippen MR) is 147 cm³/mol. The number of hydrogen-bond acceptors (Lipinski definition) is 5. The van der Waals surface area contributed by atoms with Gasteiger partial charge in [-0.1, -0.05) is 52.6 Å². The van der Waals surface area contributed by atoms with Crippen molar-refractivity contribution < 1.29 is 19.2 Å². The summed E-state index contributed by atoms with van der Waals surface area (Å²) in [5, 5.41) is 17.2. The number of carboxylic acid groups (broad SMARTS) is 1. The second-order valence-corrected chi connectivity index (χ2v) is 10.9. The number of aromatic carboxylic acids is 1. The summed E-state index contributed by atoms with van der Waals surface area (Å²) in [6.45, 7) is 2.32. The van der Waals surface area contributed by atoms with Gasteiger partial charge < -0.3 is 14.4 Å².